The summed E-state index contributed by atoms with van der Waals surface area (Å²) in [6, 6.07) is 20.5. The molecule has 1 aromatic heterocycles. The van der Waals surface area contributed by atoms with E-state index >= 15 is 0 Å². The van der Waals surface area contributed by atoms with Gasteiger partial charge in [-0.1, -0.05) is 124 Å². The van der Waals surface area contributed by atoms with Crippen LogP contribution in [-0.4, -0.2) is 27.8 Å². The second-order valence-electron chi connectivity index (χ2n) is 14.3. The molecule has 0 N–H and O–H groups in total. The Morgan fingerprint density at radius 1 is 0.660 bits per heavy atom. The number of nitrogens with zero attached hydrogens (tertiary/aromatic N) is 2. The predicted molar refractivity (Wildman–Crippen MR) is 207 cm³/mol. The Hall–Kier alpha value is -1.40. The summed E-state index contributed by atoms with van der Waals surface area (Å²) in [5, 5.41) is 0. The molecule has 3 aromatic rings. The number of benzene rings is 2. The van der Waals surface area contributed by atoms with E-state index in [1.807, 2.05) is 36.5 Å². The van der Waals surface area contributed by atoms with Crippen LogP contribution in [0.1, 0.15) is 158 Å². The summed E-state index contributed by atoms with van der Waals surface area (Å²) >= 11 is -0.0765. The maximum atomic E-state index is 5.57. The molecule has 3 saturated carbocycles. The molecule has 0 bridgehead atoms. The van der Waals surface area contributed by atoms with Crippen molar-refractivity contribution in [3.05, 3.63) is 89.2 Å². The minimum atomic E-state index is -0.0765. The molecule has 6 rings (SSSR count). The van der Waals surface area contributed by atoms with Crippen LogP contribution in [0.15, 0.2) is 71.9 Å². The maximum absolute atomic E-state index is 5.57. The molecule has 1 heterocycles. The van der Waals surface area contributed by atoms with Gasteiger partial charge in [0.2, 0.25) is 0 Å². The Labute approximate surface area is 300 Å². The molecule has 2 nitrogen and oxygen atoms in total. The average Bonchev–Trinajstić information content (AvgIpc) is 3.64. The standard InChI is InChI=1S/C18H33P.C17H21N2.C7H6.ClH.Ru/c1-4-10-16(11-5-1)19(17-12-6-2-7-13-17)18-14-8-3-9-15-18;1-12(2)15-8-5-9-16(13(3)4)17(15)19-11-14-7-6-10-18-14;1-7-5-3-2-4-6-7;;/h16-18H,1-15H2;5-13H,1-4H3;1-6H;1H;/q;-1;;;+1/p-1. The monoisotopic (exact) mass is 760 g/mol. The molecule has 5 heteroatoms. The fourth-order valence-electron chi connectivity index (χ4n) is 7.78. The first-order chi connectivity index (χ1) is 23.0. The summed E-state index contributed by atoms with van der Waals surface area (Å²) < 4.78 is 2.06. The van der Waals surface area contributed by atoms with E-state index in [1.54, 1.807) is 83.2 Å². The Balaban J connectivity index is 0.000000170. The van der Waals surface area contributed by atoms with Crippen molar-refractivity contribution in [3.8, 4) is 0 Å². The zero-order valence-electron chi connectivity index (χ0n) is 29.6. The van der Waals surface area contributed by atoms with Gasteiger partial charge in [-0.3, -0.25) is 4.99 Å². The summed E-state index contributed by atoms with van der Waals surface area (Å²) in [6.07, 6.45) is 27.3. The molecule has 47 heavy (non-hydrogen) atoms. The zero-order chi connectivity index (χ0) is 33.3. The van der Waals surface area contributed by atoms with Crippen LogP contribution in [0.2, 0.25) is 0 Å². The van der Waals surface area contributed by atoms with Gasteiger partial charge in [0.25, 0.3) is 0 Å². The molecule has 0 spiro atoms. The fraction of sp³-hybridized carbons (Fsp3) is 0.571. The number of aromatic nitrogens is 1. The first-order valence-electron chi connectivity index (χ1n) is 18.6. The number of halogens is 1. The summed E-state index contributed by atoms with van der Waals surface area (Å²) in [4.78, 5) is 8.93. The Kier molecular flexibility index (Phi) is 17.7. The zero-order valence-corrected chi connectivity index (χ0v) is 33.0. The van der Waals surface area contributed by atoms with Crippen LogP contribution < -0.4 is 4.98 Å². The molecule has 3 aliphatic carbocycles. The minimum absolute atomic E-state index is 0.0765. The van der Waals surface area contributed by atoms with Crippen molar-refractivity contribution in [2.45, 2.75) is 153 Å². The quantitative estimate of drug-likeness (QED) is 0.128. The molecule has 2 aromatic carbocycles. The van der Waals surface area contributed by atoms with Crippen LogP contribution in [-0.2, 0) is 15.7 Å². The van der Waals surface area contributed by atoms with Crippen LogP contribution in [0.25, 0.3) is 0 Å². The van der Waals surface area contributed by atoms with E-state index in [0.717, 1.165) is 11.4 Å². The van der Waals surface area contributed by atoms with E-state index < -0.39 is 0 Å². The number of hydrogen-bond donors (Lipinski definition) is 0. The van der Waals surface area contributed by atoms with E-state index in [4.69, 9.17) is 14.7 Å². The van der Waals surface area contributed by atoms with E-state index in [9.17, 15) is 0 Å². The van der Waals surface area contributed by atoms with Gasteiger partial charge < -0.3 is 4.98 Å². The molecule has 0 radical (unpaired) electrons. The Morgan fingerprint density at radius 3 is 1.55 bits per heavy atom. The van der Waals surface area contributed by atoms with Crippen LogP contribution in [0.5, 0.6) is 0 Å². The summed E-state index contributed by atoms with van der Waals surface area (Å²) in [6.45, 7) is 8.83. The number of aliphatic imine (C=N–C) groups is 1. The molecule has 0 atom stereocenters. The molecular formula is C42H60ClN2PRu-. The average molecular weight is 760 g/mol. The van der Waals surface area contributed by atoms with E-state index in [2.05, 4.69) is 67.6 Å². The molecule has 259 valence electrons. The van der Waals surface area contributed by atoms with Gasteiger partial charge in [-0.15, -0.1) is 5.69 Å². The first-order valence-corrected chi connectivity index (χ1v) is 23.4. The summed E-state index contributed by atoms with van der Waals surface area (Å²) in [5.41, 5.74) is 9.41. The second-order valence-corrected chi connectivity index (χ2v) is 19.2. The van der Waals surface area contributed by atoms with Crippen molar-refractivity contribution < 1.29 is 15.7 Å². The number of hydrogen-bond acceptors (Lipinski definition) is 1. The van der Waals surface area contributed by atoms with Gasteiger partial charge in [-0.25, -0.2) is 0 Å². The van der Waals surface area contributed by atoms with Crippen LogP contribution in [0.3, 0.4) is 0 Å². The van der Waals surface area contributed by atoms with Gasteiger partial charge >= 0.3 is 65.9 Å². The number of para-hydroxylation sites is 1. The van der Waals surface area contributed by atoms with Crippen molar-refractivity contribution in [3.63, 3.8) is 0 Å². The van der Waals surface area contributed by atoms with E-state index in [1.165, 1.54) is 52.9 Å². The Bertz CT molecular complexity index is 1230. The molecule has 3 fully saturated rings. The normalized spacial score (nSPS) is 18.6. The SMILES string of the molecule is C1CCC(P(C2CCCCC2)C2CCCCC2)CC1.CC(C)c1cccc(C(C)C)c1N=Cc1ccc[n-]1.[Cl][Ru]=[CH]c1ccccc1. The summed E-state index contributed by atoms with van der Waals surface area (Å²) in [5.74, 6) is 0.942. The molecule has 0 unspecified atom stereocenters. The van der Waals surface area contributed by atoms with E-state index in [-0.39, 0.29) is 15.7 Å². The third-order valence-electron chi connectivity index (χ3n) is 10.2. The second kappa shape index (κ2) is 21.6. The predicted octanol–water partition coefficient (Wildman–Crippen LogP) is 13.2. The van der Waals surface area contributed by atoms with Gasteiger partial charge in [0.05, 0.1) is 5.69 Å². The van der Waals surface area contributed by atoms with Gasteiger partial charge in [0, 0.05) is 6.21 Å². The third-order valence-corrected chi connectivity index (χ3v) is 15.5. The van der Waals surface area contributed by atoms with Gasteiger partial charge in [-0.2, -0.15) is 6.20 Å². The van der Waals surface area contributed by atoms with Crippen molar-refractivity contribution in [2.24, 2.45) is 4.99 Å². The van der Waals surface area contributed by atoms with Gasteiger partial charge in [0.15, 0.2) is 0 Å². The van der Waals surface area contributed by atoms with Crippen LogP contribution in [0.4, 0.5) is 5.69 Å². The van der Waals surface area contributed by atoms with Crippen LogP contribution >= 0.6 is 17.6 Å². The topological polar surface area (TPSA) is 26.5 Å². The van der Waals surface area contributed by atoms with Crippen LogP contribution in [0, 0.1) is 0 Å². The van der Waals surface area contributed by atoms with Crippen molar-refractivity contribution >= 4 is 34.1 Å². The molecule has 0 aliphatic heterocycles. The number of rotatable bonds is 8. The molecular weight excluding hydrogens is 700 g/mol. The molecule has 0 saturated heterocycles. The van der Waals surface area contributed by atoms with Gasteiger partial charge in [-0.05, 0) is 78.5 Å². The fourth-order valence-corrected chi connectivity index (χ4v) is 13.5. The molecule has 3 aliphatic rings. The van der Waals surface area contributed by atoms with E-state index in [0.29, 0.717) is 19.8 Å². The van der Waals surface area contributed by atoms with Gasteiger partial charge in [0.1, 0.15) is 0 Å². The third kappa shape index (κ3) is 12.8. The summed E-state index contributed by atoms with van der Waals surface area (Å²) in [7, 11) is 5.96. The van der Waals surface area contributed by atoms with Crippen molar-refractivity contribution in [2.75, 3.05) is 0 Å². The van der Waals surface area contributed by atoms with Crippen molar-refractivity contribution in [1.82, 2.24) is 4.98 Å². The Morgan fingerprint density at radius 2 is 1.15 bits per heavy atom. The molecule has 0 amide bonds. The van der Waals surface area contributed by atoms with Crippen molar-refractivity contribution in [1.29, 1.82) is 0 Å². The first kappa shape index (κ1) is 38.4.